The highest BCUT2D eigenvalue weighted by Gasteiger charge is 2.63. The SMILES string of the molecule is C[C@]12OO[C@](C)(O1)[C@@H]1CC[C@H]2C1. The average Bonchev–Trinajstić information content (AvgIpc) is 2.53. The second kappa shape index (κ2) is 1.86. The van der Waals surface area contributed by atoms with Gasteiger partial charge in [-0.1, -0.05) is 0 Å². The molecule has 0 aromatic heterocycles. The van der Waals surface area contributed by atoms with Gasteiger partial charge < -0.3 is 4.74 Å². The molecule has 0 spiro atoms. The van der Waals surface area contributed by atoms with Crippen LogP contribution in [-0.2, 0) is 14.5 Å². The van der Waals surface area contributed by atoms with Gasteiger partial charge in [0, 0.05) is 11.8 Å². The summed E-state index contributed by atoms with van der Waals surface area (Å²) in [5, 5.41) is 0. The van der Waals surface area contributed by atoms with E-state index in [0.29, 0.717) is 11.8 Å². The van der Waals surface area contributed by atoms with Gasteiger partial charge in [0.05, 0.1) is 0 Å². The maximum Gasteiger partial charge on any atom is 0.204 e. The van der Waals surface area contributed by atoms with E-state index in [-0.39, 0.29) is 0 Å². The Labute approximate surface area is 71.9 Å². The summed E-state index contributed by atoms with van der Waals surface area (Å²) in [4.78, 5) is 10.6. The van der Waals surface area contributed by atoms with E-state index in [1.807, 2.05) is 13.8 Å². The van der Waals surface area contributed by atoms with Crippen molar-refractivity contribution < 1.29 is 14.5 Å². The smallest absolute Gasteiger partial charge is 0.204 e. The molecule has 4 bridgehead atoms. The highest BCUT2D eigenvalue weighted by atomic mass is 17.3. The predicted molar refractivity (Wildman–Crippen MR) is 40.9 cm³/mol. The summed E-state index contributed by atoms with van der Waals surface area (Å²) in [6.07, 6.45) is 3.65. The maximum atomic E-state index is 5.81. The molecule has 2 heterocycles. The van der Waals surface area contributed by atoms with Crippen LogP contribution in [0.3, 0.4) is 0 Å². The van der Waals surface area contributed by atoms with Crippen molar-refractivity contribution in [3.05, 3.63) is 0 Å². The Balaban J connectivity index is 2.04. The van der Waals surface area contributed by atoms with Crippen molar-refractivity contribution in [2.45, 2.75) is 44.7 Å². The summed E-state index contributed by atoms with van der Waals surface area (Å²) < 4.78 is 5.81. The first-order chi connectivity index (χ1) is 5.62. The molecule has 68 valence electrons. The summed E-state index contributed by atoms with van der Waals surface area (Å²) in [5.74, 6) is 0.167. The molecule has 2 saturated heterocycles. The Kier molecular flexibility index (Phi) is 1.13. The molecule has 0 radical (unpaired) electrons. The lowest BCUT2D eigenvalue weighted by Gasteiger charge is -2.35. The minimum atomic E-state index is -0.457. The molecule has 3 heteroatoms. The molecule has 3 aliphatic rings. The van der Waals surface area contributed by atoms with Gasteiger partial charge >= 0.3 is 0 Å². The molecule has 0 aromatic carbocycles. The lowest BCUT2D eigenvalue weighted by Crippen LogP contribution is -2.44. The van der Waals surface area contributed by atoms with Gasteiger partial charge in [0.15, 0.2) is 0 Å². The molecule has 3 nitrogen and oxygen atoms in total. The van der Waals surface area contributed by atoms with Gasteiger partial charge in [0.2, 0.25) is 11.6 Å². The molecule has 0 N–H and O–H groups in total. The topological polar surface area (TPSA) is 27.7 Å². The number of rotatable bonds is 0. The molecular weight excluding hydrogens is 156 g/mol. The zero-order valence-electron chi connectivity index (χ0n) is 7.50. The monoisotopic (exact) mass is 170 g/mol. The van der Waals surface area contributed by atoms with Crippen LogP contribution in [0.25, 0.3) is 0 Å². The highest BCUT2D eigenvalue weighted by molar-refractivity contribution is 4.97. The fourth-order valence-electron chi connectivity index (χ4n) is 2.84. The summed E-state index contributed by atoms with van der Waals surface area (Å²) in [5.41, 5.74) is 0. The first-order valence-electron chi connectivity index (χ1n) is 4.69. The summed E-state index contributed by atoms with van der Waals surface area (Å²) >= 11 is 0. The maximum absolute atomic E-state index is 5.81. The van der Waals surface area contributed by atoms with Crippen molar-refractivity contribution in [3.8, 4) is 0 Å². The van der Waals surface area contributed by atoms with Gasteiger partial charge in [0.25, 0.3) is 0 Å². The minimum Gasteiger partial charge on any atom is -0.312 e. The van der Waals surface area contributed by atoms with Crippen LogP contribution in [0, 0.1) is 11.8 Å². The van der Waals surface area contributed by atoms with Crippen LogP contribution in [0.4, 0.5) is 0 Å². The molecule has 1 aliphatic carbocycles. The fraction of sp³-hybridized carbons (Fsp3) is 1.00. The van der Waals surface area contributed by atoms with Gasteiger partial charge in [-0.15, -0.1) is 0 Å². The van der Waals surface area contributed by atoms with E-state index < -0.39 is 11.6 Å². The Hall–Kier alpha value is -0.120. The van der Waals surface area contributed by atoms with Gasteiger partial charge in [-0.2, -0.15) is 9.78 Å². The molecule has 0 amide bonds. The standard InChI is InChI=1S/C9H14O3/c1-8-6-3-4-7(5-6)9(2,10-8)12-11-8/h6-7H,3-5H2,1-2H3/t6-,7+,8+,9-. The Morgan fingerprint density at radius 3 is 2.00 bits per heavy atom. The molecule has 2 aliphatic heterocycles. The Morgan fingerprint density at radius 2 is 1.50 bits per heavy atom. The first kappa shape index (κ1) is 7.30. The normalized spacial score (nSPS) is 62.5. The van der Waals surface area contributed by atoms with Crippen molar-refractivity contribution in [2.24, 2.45) is 11.8 Å². The quantitative estimate of drug-likeness (QED) is 0.519. The largest absolute Gasteiger partial charge is 0.312 e. The van der Waals surface area contributed by atoms with E-state index in [4.69, 9.17) is 14.5 Å². The van der Waals surface area contributed by atoms with Crippen LogP contribution < -0.4 is 0 Å². The Bertz CT molecular complexity index is 208. The van der Waals surface area contributed by atoms with E-state index in [1.165, 1.54) is 19.3 Å². The van der Waals surface area contributed by atoms with E-state index >= 15 is 0 Å². The van der Waals surface area contributed by atoms with Crippen molar-refractivity contribution in [1.29, 1.82) is 0 Å². The molecule has 4 atom stereocenters. The second-order valence-electron chi connectivity index (χ2n) is 4.51. The molecule has 0 unspecified atom stereocenters. The van der Waals surface area contributed by atoms with Crippen molar-refractivity contribution in [3.63, 3.8) is 0 Å². The molecular formula is C9H14O3. The van der Waals surface area contributed by atoms with Gasteiger partial charge in [-0.05, 0) is 33.1 Å². The highest BCUT2D eigenvalue weighted by Crippen LogP contribution is 2.57. The third-order valence-corrected chi connectivity index (χ3v) is 3.69. The molecule has 3 fully saturated rings. The fourth-order valence-corrected chi connectivity index (χ4v) is 2.84. The van der Waals surface area contributed by atoms with Crippen molar-refractivity contribution >= 4 is 0 Å². The zero-order chi connectivity index (χ0) is 8.40. The lowest BCUT2D eigenvalue weighted by atomic mass is 9.90. The molecule has 0 aromatic rings. The van der Waals surface area contributed by atoms with Crippen molar-refractivity contribution in [2.75, 3.05) is 0 Å². The average molecular weight is 170 g/mol. The summed E-state index contributed by atoms with van der Waals surface area (Å²) in [6, 6.07) is 0. The van der Waals surface area contributed by atoms with Crippen LogP contribution in [-0.4, -0.2) is 11.6 Å². The van der Waals surface area contributed by atoms with Crippen LogP contribution >= 0.6 is 0 Å². The summed E-state index contributed by atoms with van der Waals surface area (Å²) in [7, 11) is 0. The molecule has 12 heavy (non-hydrogen) atoms. The van der Waals surface area contributed by atoms with Crippen molar-refractivity contribution in [1.82, 2.24) is 0 Å². The van der Waals surface area contributed by atoms with Crippen LogP contribution in [0.1, 0.15) is 33.1 Å². The van der Waals surface area contributed by atoms with Gasteiger partial charge in [0.1, 0.15) is 0 Å². The molecule has 3 rings (SSSR count). The minimum absolute atomic E-state index is 0.457. The van der Waals surface area contributed by atoms with E-state index in [0.717, 1.165) is 0 Å². The first-order valence-corrected chi connectivity index (χ1v) is 4.69. The van der Waals surface area contributed by atoms with Crippen LogP contribution in [0.2, 0.25) is 0 Å². The number of ether oxygens (including phenoxy) is 1. The van der Waals surface area contributed by atoms with E-state index in [9.17, 15) is 0 Å². The van der Waals surface area contributed by atoms with Crippen LogP contribution in [0.15, 0.2) is 0 Å². The van der Waals surface area contributed by atoms with Gasteiger partial charge in [-0.25, -0.2) is 0 Å². The van der Waals surface area contributed by atoms with Gasteiger partial charge in [-0.3, -0.25) is 0 Å². The predicted octanol–water partition coefficient (Wildman–Crippen LogP) is 1.83. The van der Waals surface area contributed by atoms with Crippen LogP contribution in [0.5, 0.6) is 0 Å². The number of hydrogen-bond donors (Lipinski definition) is 0. The molecule has 1 saturated carbocycles. The summed E-state index contributed by atoms with van der Waals surface area (Å²) in [6.45, 7) is 3.98. The zero-order valence-corrected chi connectivity index (χ0v) is 7.50. The second-order valence-corrected chi connectivity index (χ2v) is 4.51. The van der Waals surface area contributed by atoms with E-state index in [1.54, 1.807) is 0 Å². The lowest BCUT2D eigenvalue weighted by molar-refractivity contribution is -0.351. The third kappa shape index (κ3) is 0.679. The van der Waals surface area contributed by atoms with E-state index in [2.05, 4.69) is 0 Å². The number of hydrogen-bond acceptors (Lipinski definition) is 3. The Morgan fingerprint density at radius 1 is 1.00 bits per heavy atom. The number of fused-ring (bicyclic) bond motifs is 6. The third-order valence-electron chi connectivity index (χ3n) is 3.69.